The molecule has 0 bridgehead atoms. The fraction of sp³-hybridized carbons (Fsp3) is 0.500. The third kappa shape index (κ3) is 5.12. The van der Waals surface area contributed by atoms with Crippen LogP contribution in [0.3, 0.4) is 0 Å². The van der Waals surface area contributed by atoms with Gasteiger partial charge in [0.2, 0.25) is 0 Å². The molecule has 1 fully saturated rings. The van der Waals surface area contributed by atoms with Crippen LogP contribution >= 0.6 is 0 Å². The standard InChI is InChI=1S/C24H31NO2/c26-23(17-25-15-21-9-3-4-10-22(21)16-25)18-27-24-11-5-8-20(14-24)13-12-19-6-1-2-7-19/h3-5,8-11,14,19,23,26H,1-2,6-7,12-13,15-18H2. The van der Waals surface area contributed by atoms with E-state index in [0.717, 1.165) is 31.2 Å². The molecule has 0 aromatic heterocycles. The molecule has 1 unspecified atom stereocenters. The Balaban J connectivity index is 1.22. The smallest absolute Gasteiger partial charge is 0.119 e. The van der Waals surface area contributed by atoms with Crippen LogP contribution in [0.4, 0.5) is 0 Å². The zero-order valence-corrected chi connectivity index (χ0v) is 16.1. The Morgan fingerprint density at radius 3 is 2.48 bits per heavy atom. The number of hydrogen-bond acceptors (Lipinski definition) is 3. The molecule has 2 aliphatic rings. The predicted octanol–water partition coefficient (Wildman–Crippen LogP) is 4.56. The Morgan fingerprint density at radius 1 is 1.00 bits per heavy atom. The van der Waals surface area contributed by atoms with Crippen LogP contribution in [0.25, 0.3) is 0 Å². The van der Waals surface area contributed by atoms with E-state index in [9.17, 15) is 5.11 Å². The summed E-state index contributed by atoms with van der Waals surface area (Å²) in [6, 6.07) is 16.9. The van der Waals surface area contributed by atoms with Crippen molar-refractivity contribution < 1.29 is 9.84 Å². The van der Waals surface area contributed by atoms with Crippen LogP contribution in [0, 0.1) is 5.92 Å². The Bertz CT molecular complexity index is 714. The zero-order valence-electron chi connectivity index (χ0n) is 16.1. The molecule has 1 atom stereocenters. The van der Waals surface area contributed by atoms with Gasteiger partial charge in [-0.05, 0) is 47.6 Å². The molecule has 27 heavy (non-hydrogen) atoms. The van der Waals surface area contributed by atoms with E-state index in [1.807, 2.05) is 6.07 Å². The van der Waals surface area contributed by atoms with Crippen molar-refractivity contribution >= 4 is 0 Å². The molecule has 1 heterocycles. The highest BCUT2D eigenvalue weighted by molar-refractivity contribution is 5.30. The lowest BCUT2D eigenvalue weighted by Crippen LogP contribution is -2.32. The molecule has 1 aliphatic heterocycles. The van der Waals surface area contributed by atoms with Gasteiger partial charge in [0.15, 0.2) is 0 Å². The highest BCUT2D eigenvalue weighted by atomic mass is 16.5. The lowest BCUT2D eigenvalue weighted by Gasteiger charge is -2.20. The summed E-state index contributed by atoms with van der Waals surface area (Å²) in [4.78, 5) is 2.29. The van der Waals surface area contributed by atoms with Crippen LogP contribution < -0.4 is 4.74 Å². The van der Waals surface area contributed by atoms with E-state index in [4.69, 9.17) is 4.74 Å². The van der Waals surface area contributed by atoms with Gasteiger partial charge >= 0.3 is 0 Å². The molecule has 0 amide bonds. The predicted molar refractivity (Wildman–Crippen MR) is 109 cm³/mol. The van der Waals surface area contributed by atoms with Crippen LogP contribution in [0.5, 0.6) is 5.75 Å². The second-order valence-electron chi connectivity index (χ2n) is 8.24. The number of benzene rings is 2. The first-order valence-electron chi connectivity index (χ1n) is 10.5. The molecule has 3 heteroatoms. The summed E-state index contributed by atoms with van der Waals surface area (Å²) in [5.41, 5.74) is 4.10. The third-order valence-corrected chi connectivity index (χ3v) is 6.03. The monoisotopic (exact) mass is 365 g/mol. The lowest BCUT2D eigenvalue weighted by molar-refractivity contribution is 0.0672. The molecule has 1 aliphatic carbocycles. The summed E-state index contributed by atoms with van der Waals surface area (Å²) in [7, 11) is 0. The van der Waals surface area contributed by atoms with Gasteiger partial charge in [0.25, 0.3) is 0 Å². The normalized spacial score (nSPS) is 18.6. The largest absolute Gasteiger partial charge is 0.491 e. The molecular weight excluding hydrogens is 334 g/mol. The molecule has 2 aromatic rings. The molecule has 2 aromatic carbocycles. The van der Waals surface area contributed by atoms with Gasteiger partial charge in [-0.1, -0.05) is 62.1 Å². The SMILES string of the molecule is OC(COc1cccc(CCC2CCCC2)c1)CN1Cc2ccccc2C1. The van der Waals surface area contributed by atoms with E-state index in [-0.39, 0.29) is 0 Å². The first-order valence-corrected chi connectivity index (χ1v) is 10.5. The van der Waals surface area contributed by atoms with E-state index in [2.05, 4.69) is 47.4 Å². The van der Waals surface area contributed by atoms with Gasteiger partial charge in [-0.3, -0.25) is 4.90 Å². The number of aryl methyl sites for hydroxylation is 1. The number of ether oxygens (including phenoxy) is 1. The first kappa shape index (κ1) is 18.5. The van der Waals surface area contributed by atoms with Crippen molar-refractivity contribution in [2.24, 2.45) is 5.92 Å². The van der Waals surface area contributed by atoms with Gasteiger partial charge < -0.3 is 9.84 Å². The highest BCUT2D eigenvalue weighted by Crippen LogP contribution is 2.29. The Labute approximate surface area is 163 Å². The molecule has 4 rings (SSSR count). The minimum atomic E-state index is -0.471. The average Bonchev–Trinajstić information content (AvgIpc) is 3.34. The van der Waals surface area contributed by atoms with Crippen molar-refractivity contribution in [1.82, 2.24) is 4.90 Å². The van der Waals surface area contributed by atoms with E-state index in [1.54, 1.807) is 0 Å². The van der Waals surface area contributed by atoms with Crippen molar-refractivity contribution in [2.75, 3.05) is 13.2 Å². The number of rotatable bonds is 8. The number of nitrogens with zero attached hydrogens (tertiary/aromatic N) is 1. The maximum atomic E-state index is 10.4. The number of aliphatic hydroxyl groups is 1. The summed E-state index contributed by atoms with van der Waals surface area (Å²) in [6.07, 6.45) is 7.59. The highest BCUT2D eigenvalue weighted by Gasteiger charge is 2.21. The maximum Gasteiger partial charge on any atom is 0.119 e. The quantitative estimate of drug-likeness (QED) is 0.744. The molecular formula is C24H31NO2. The average molecular weight is 366 g/mol. The minimum absolute atomic E-state index is 0.346. The van der Waals surface area contributed by atoms with Crippen LogP contribution in [0.2, 0.25) is 0 Å². The summed E-state index contributed by atoms with van der Waals surface area (Å²) < 4.78 is 5.89. The van der Waals surface area contributed by atoms with Crippen LogP contribution in [0.15, 0.2) is 48.5 Å². The number of fused-ring (bicyclic) bond motifs is 1. The molecule has 0 saturated heterocycles. The van der Waals surface area contributed by atoms with Gasteiger partial charge in [0.05, 0.1) is 0 Å². The molecule has 0 spiro atoms. The second kappa shape index (κ2) is 8.90. The third-order valence-electron chi connectivity index (χ3n) is 6.03. The Kier molecular flexibility index (Phi) is 6.10. The van der Waals surface area contributed by atoms with E-state index >= 15 is 0 Å². The van der Waals surface area contributed by atoms with E-state index < -0.39 is 6.10 Å². The Hall–Kier alpha value is -1.84. The molecule has 1 N–H and O–H groups in total. The zero-order chi connectivity index (χ0) is 18.5. The minimum Gasteiger partial charge on any atom is -0.491 e. The van der Waals surface area contributed by atoms with E-state index in [1.165, 1.54) is 48.8 Å². The molecule has 144 valence electrons. The topological polar surface area (TPSA) is 32.7 Å². The summed E-state index contributed by atoms with van der Waals surface area (Å²) >= 11 is 0. The van der Waals surface area contributed by atoms with Crippen LogP contribution in [-0.4, -0.2) is 29.3 Å². The molecule has 3 nitrogen and oxygen atoms in total. The van der Waals surface area contributed by atoms with Gasteiger partial charge in [-0.2, -0.15) is 0 Å². The van der Waals surface area contributed by atoms with Crippen LogP contribution in [-0.2, 0) is 19.5 Å². The van der Waals surface area contributed by atoms with Crippen molar-refractivity contribution in [3.8, 4) is 5.75 Å². The summed E-state index contributed by atoms with van der Waals surface area (Å²) in [5, 5.41) is 10.4. The molecule has 1 saturated carbocycles. The fourth-order valence-corrected chi connectivity index (χ4v) is 4.54. The summed E-state index contributed by atoms with van der Waals surface area (Å²) in [6.45, 7) is 2.84. The van der Waals surface area contributed by atoms with Crippen LogP contribution in [0.1, 0.15) is 48.8 Å². The van der Waals surface area contributed by atoms with E-state index in [0.29, 0.717) is 13.2 Å². The number of hydrogen-bond donors (Lipinski definition) is 1. The molecule has 0 radical (unpaired) electrons. The van der Waals surface area contributed by atoms with Crippen molar-refractivity contribution in [3.63, 3.8) is 0 Å². The number of β-amino-alcohol motifs (C(OH)–C–C–N with tert-alkyl or cyclic N) is 1. The van der Waals surface area contributed by atoms with Gasteiger partial charge in [-0.25, -0.2) is 0 Å². The van der Waals surface area contributed by atoms with Crippen molar-refractivity contribution in [2.45, 2.75) is 57.7 Å². The van der Waals surface area contributed by atoms with Crippen molar-refractivity contribution in [3.05, 3.63) is 65.2 Å². The van der Waals surface area contributed by atoms with Gasteiger partial charge in [-0.15, -0.1) is 0 Å². The van der Waals surface area contributed by atoms with Crippen molar-refractivity contribution in [1.29, 1.82) is 0 Å². The Morgan fingerprint density at radius 2 is 1.74 bits per heavy atom. The second-order valence-corrected chi connectivity index (χ2v) is 8.24. The lowest BCUT2D eigenvalue weighted by atomic mass is 9.98. The van der Waals surface area contributed by atoms with Gasteiger partial charge in [0, 0.05) is 19.6 Å². The summed E-state index contributed by atoms with van der Waals surface area (Å²) in [5.74, 6) is 1.80. The first-order chi connectivity index (χ1) is 13.3. The fourth-order valence-electron chi connectivity index (χ4n) is 4.54. The number of aliphatic hydroxyl groups excluding tert-OH is 1. The maximum absolute atomic E-state index is 10.4. The van der Waals surface area contributed by atoms with Gasteiger partial charge in [0.1, 0.15) is 18.5 Å².